The molecule has 1 N–H and O–H groups in total. The lowest BCUT2D eigenvalue weighted by Crippen LogP contribution is -2.05. The summed E-state index contributed by atoms with van der Waals surface area (Å²) in [5.74, 6) is 1.81. The second kappa shape index (κ2) is 5.72. The van der Waals surface area contributed by atoms with Gasteiger partial charge in [0.1, 0.15) is 6.54 Å². The summed E-state index contributed by atoms with van der Waals surface area (Å²) >= 11 is 0. The number of aromatic nitrogens is 5. The van der Waals surface area contributed by atoms with Crippen LogP contribution in [0.5, 0.6) is 0 Å². The van der Waals surface area contributed by atoms with Gasteiger partial charge in [0, 0.05) is 13.0 Å². The molecule has 98 valence electrons. The van der Waals surface area contributed by atoms with Gasteiger partial charge in [0.25, 0.3) is 0 Å². The first-order valence-corrected chi connectivity index (χ1v) is 6.02. The van der Waals surface area contributed by atoms with Gasteiger partial charge in [0.05, 0.1) is 11.9 Å². The quantitative estimate of drug-likeness (QED) is 0.809. The SMILES string of the molecule is CNCc1cn(Cc2noc(CC(C)C)n2)nn1. The number of rotatable bonds is 6. The van der Waals surface area contributed by atoms with E-state index in [4.69, 9.17) is 4.52 Å². The molecule has 2 aromatic rings. The second-order valence-electron chi connectivity index (χ2n) is 4.64. The third-order valence-corrected chi connectivity index (χ3v) is 2.34. The first-order valence-electron chi connectivity index (χ1n) is 6.02. The van der Waals surface area contributed by atoms with E-state index in [2.05, 4.69) is 39.6 Å². The summed E-state index contributed by atoms with van der Waals surface area (Å²) in [6.45, 7) is 5.42. The highest BCUT2D eigenvalue weighted by Crippen LogP contribution is 2.06. The zero-order chi connectivity index (χ0) is 13.0. The van der Waals surface area contributed by atoms with E-state index >= 15 is 0 Å². The molecule has 0 aliphatic rings. The second-order valence-corrected chi connectivity index (χ2v) is 4.64. The number of hydrogen-bond donors (Lipinski definition) is 1. The van der Waals surface area contributed by atoms with Crippen LogP contribution in [0.25, 0.3) is 0 Å². The molecule has 0 aromatic carbocycles. The lowest BCUT2D eigenvalue weighted by molar-refractivity contribution is 0.357. The van der Waals surface area contributed by atoms with Crippen molar-refractivity contribution in [2.45, 2.75) is 33.4 Å². The van der Waals surface area contributed by atoms with Crippen LogP contribution in [0.4, 0.5) is 0 Å². The van der Waals surface area contributed by atoms with Gasteiger partial charge in [0.15, 0.2) is 5.82 Å². The Balaban J connectivity index is 1.97. The standard InChI is InChI=1S/C11H18N6O/c1-8(2)4-11-13-10(15-18-11)7-17-6-9(5-12-3)14-16-17/h6,8,12H,4-5,7H2,1-3H3. The molecule has 0 saturated carbocycles. The molecule has 7 nitrogen and oxygen atoms in total. The van der Waals surface area contributed by atoms with Crippen LogP contribution in [0.15, 0.2) is 10.7 Å². The molecule has 0 atom stereocenters. The van der Waals surface area contributed by atoms with Crippen LogP contribution < -0.4 is 5.32 Å². The summed E-state index contributed by atoms with van der Waals surface area (Å²) in [7, 11) is 1.87. The number of hydrogen-bond acceptors (Lipinski definition) is 6. The highest BCUT2D eigenvalue weighted by Gasteiger charge is 2.09. The molecule has 0 saturated heterocycles. The molecule has 0 bridgehead atoms. The Kier molecular flexibility index (Phi) is 4.03. The van der Waals surface area contributed by atoms with Crippen molar-refractivity contribution in [1.82, 2.24) is 30.5 Å². The molecular weight excluding hydrogens is 232 g/mol. The molecule has 2 heterocycles. The van der Waals surface area contributed by atoms with E-state index < -0.39 is 0 Å². The van der Waals surface area contributed by atoms with Gasteiger partial charge >= 0.3 is 0 Å². The van der Waals surface area contributed by atoms with Crippen molar-refractivity contribution >= 4 is 0 Å². The zero-order valence-electron chi connectivity index (χ0n) is 10.9. The van der Waals surface area contributed by atoms with Gasteiger partial charge in [-0.1, -0.05) is 24.2 Å². The van der Waals surface area contributed by atoms with Crippen molar-refractivity contribution < 1.29 is 4.52 Å². The van der Waals surface area contributed by atoms with Gasteiger partial charge in [-0.3, -0.25) is 0 Å². The molecule has 0 fully saturated rings. The van der Waals surface area contributed by atoms with Crippen LogP contribution in [0.1, 0.15) is 31.3 Å². The molecule has 2 aromatic heterocycles. The van der Waals surface area contributed by atoms with E-state index in [1.165, 1.54) is 0 Å². The maximum Gasteiger partial charge on any atom is 0.226 e. The van der Waals surface area contributed by atoms with Crippen molar-refractivity contribution in [2.24, 2.45) is 5.92 Å². The van der Waals surface area contributed by atoms with Crippen LogP contribution in [0.3, 0.4) is 0 Å². The van der Waals surface area contributed by atoms with Crippen LogP contribution in [0.2, 0.25) is 0 Å². The molecule has 7 heteroatoms. The normalized spacial score (nSPS) is 11.3. The van der Waals surface area contributed by atoms with E-state index in [9.17, 15) is 0 Å². The smallest absolute Gasteiger partial charge is 0.226 e. The van der Waals surface area contributed by atoms with Gasteiger partial charge in [-0.25, -0.2) is 4.68 Å². The molecule has 0 spiro atoms. The van der Waals surface area contributed by atoms with Crippen LogP contribution in [-0.4, -0.2) is 32.2 Å². The fraction of sp³-hybridized carbons (Fsp3) is 0.636. The molecule has 0 unspecified atom stereocenters. The minimum Gasteiger partial charge on any atom is -0.339 e. The van der Waals surface area contributed by atoms with E-state index in [0.717, 1.165) is 12.1 Å². The summed E-state index contributed by atoms with van der Waals surface area (Å²) in [6.07, 6.45) is 2.67. The Morgan fingerprint density at radius 2 is 2.28 bits per heavy atom. The van der Waals surface area contributed by atoms with Crippen molar-refractivity contribution in [3.05, 3.63) is 23.6 Å². The summed E-state index contributed by atoms with van der Waals surface area (Å²) in [6, 6.07) is 0. The lowest BCUT2D eigenvalue weighted by atomic mass is 10.1. The molecule has 2 rings (SSSR count). The van der Waals surface area contributed by atoms with Gasteiger partial charge < -0.3 is 9.84 Å². The van der Waals surface area contributed by atoms with Gasteiger partial charge in [-0.05, 0) is 13.0 Å². The average molecular weight is 250 g/mol. The molecule has 0 aliphatic carbocycles. The number of nitrogens with one attached hydrogen (secondary N) is 1. The Morgan fingerprint density at radius 1 is 1.44 bits per heavy atom. The first-order chi connectivity index (χ1) is 8.67. The first kappa shape index (κ1) is 12.7. The Bertz CT molecular complexity index is 489. The Morgan fingerprint density at radius 3 is 3.00 bits per heavy atom. The molecule has 0 radical (unpaired) electrons. The Hall–Kier alpha value is -1.76. The van der Waals surface area contributed by atoms with Crippen molar-refractivity contribution in [2.75, 3.05) is 7.05 Å². The maximum absolute atomic E-state index is 5.17. The van der Waals surface area contributed by atoms with Crippen molar-refractivity contribution in [3.8, 4) is 0 Å². The highest BCUT2D eigenvalue weighted by molar-refractivity contribution is 4.94. The van der Waals surface area contributed by atoms with Gasteiger partial charge in [0.2, 0.25) is 5.89 Å². The maximum atomic E-state index is 5.17. The third-order valence-electron chi connectivity index (χ3n) is 2.34. The zero-order valence-corrected chi connectivity index (χ0v) is 10.9. The summed E-state index contributed by atoms with van der Waals surface area (Å²) in [4.78, 5) is 4.32. The van der Waals surface area contributed by atoms with Gasteiger partial charge in [-0.15, -0.1) is 5.10 Å². The predicted molar refractivity (Wildman–Crippen MR) is 64.7 cm³/mol. The molecule has 0 amide bonds. The van der Waals surface area contributed by atoms with E-state index in [1.807, 2.05) is 13.2 Å². The van der Waals surface area contributed by atoms with E-state index in [1.54, 1.807) is 4.68 Å². The molecule has 0 aliphatic heterocycles. The largest absolute Gasteiger partial charge is 0.339 e. The highest BCUT2D eigenvalue weighted by atomic mass is 16.5. The fourth-order valence-corrected chi connectivity index (χ4v) is 1.61. The van der Waals surface area contributed by atoms with Gasteiger partial charge in [-0.2, -0.15) is 4.98 Å². The minimum absolute atomic E-state index is 0.484. The summed E-state index contributed by atoms with van der Waals surface area (Å²) in [5, 5.41) is 15.0. The van der Waals surface area contributed by atoms with Crippen LogP contribution in [0, 0.1) is 5.92 Å². The van der Waals surface area contributed by atoms with Crippen molar-refractivity contribution in [1.29, 1.82) is 0 Å². The Labute approximate surface area is 106 Å². The van der Waals surface area contributed by atoms with E-state index in [-0.39, 0.29) is 0 Å². The fourth-order valence-electron chi connectivity index (χ4n) is 1.61. The monoisotopic (exact) mass is 250 g/mol. The average Bonchev–Trinajstić information content (AvgIpc) is 2.89. The summed E-state index contributed by atoms with van der Waals surface area (Å²) < 4.78 is 6.87. The molecule has 18 heavy (non-hydrogen) atoms. The van der Waals surface area contributed by atoms with Crippen LogP contribution in [-0.2, 0) is 19.5 Å². The lowest BCUT2D eigenvalue weighted by Gasteiger charge is -1.96. The predicted octanol–water partition coefficient (Wildman–Crippen LogP) is 0.627. The summed E-state index contributed by atoms with van der Waals surface area (Å²) in [5.41, 5.74) is 0.892. The molecular formula is C11H18N6O. The topological polar surface area (TPSA) is 81.7 Å². The third kappa shape index (κ3) is 3.36. The minimum atomic E-state index is 0.484. The van der Waals surface area contributed by atoms with Crippen LogP contribution >= 0.6 is 0 Å². The van der Waals surface area contributed by atoms with Crippen molar-refractivity contribution in [3.63, 3.8) is 0 Å². The van der Waals surface area contributed by atoms with E-state index in [0.29, 0.717) is 30.7 Å². The number of nitrogens with zero attached hydrogens (tertiary/aromatic N) is 5.